The molecule has 14 heavy (non-hydrogen) atoms. The van der Waals surface area contributed by atoms with Gasteiger partial charge in [0.15, 0.2) is 5.78 Å². The van der Waals surface area contributed by atoms with Gasteiger partial charge in [0.05, 0.1) is 0 Å². The molecule has 0 aromatic heterocycles. The summed E-state index contributed by atoms with van der Waals surface area (Å²) < 4.78 is 0. The number of rotatable bonds is 0. The van der Waals surface area contributed by atoms with Crippen LogP contribution in [-0.4, -0.2) is 5.78 Å². The van der Waals surface area contributed by atoms with Gasteiger partial charge < -0.3 is 0 Å². The topological polar surface area (TPSA) is 17.1 Å². The zero-order chi connectivity index (χ0) is 10.2. The Kier molecular flexibility index (Phi) is 5.58. The largest absolute Gasteiger partial charge is 0.295 e. The van der Waals surface area contributed by atoms with Gasteiger partial charge in [0.2, 0.25) is 0 Å². The van der Waals surface area contributed by atoms with E-state index in [1.165, 1.54) is 44.1 Å². The van der Waals surface area contributed by atoms with Gasteiger partial charge in [-0.3, -0.25) is 4.79 Å². The predicted octanol–water partition coefficient (Wildman–Crippen LogP) is 4.03. The van der Waals surface area contributed by atoms with Crippen LogP contribution in [0.1, 0.15) is 64.7 Å². The fourth-order valence-corrected chi connectivity index (χ4v) is 2.01. The van der Waals surface area contributed by atoms with Gasteiger partial charge >= 0.3 is 0 Å². The first-order valence-electron chi connectivity index (χ1n) is 5.99. The summed E-state index contributed by atoms with van der Waals surface area (Å²) in [6.45, 7) is 2.09. The molecule has 0 aromatic rings. The molecule has 1 aliphatic carbocycles. The second-order valence-corrected chi connectivity index (χ2v) is 4.43. The summed E-state index contributed by atoms with van der Waals surface area (Å²) in [5.74, 6) is 0.336. The van der Waals surface area contributed by atoms with Crippen LogP contribution in [0.2, 0.25) is 0 Å². The lowest BCUT2D eigenvalue weighted by Gasteiger charge is -2.05. The van der Waals surface area contributed by atoms with E-state index in [1.54, 1.807) is 0 Å². The molecule has 1 nitrogen and oxygen atoms in total. The van der Waals surface area contributed by atoms with Crippen molar-refractivity contribution in [3.8, 4) is 0 Å². The van der Waals surface area contributed by atoms with Gasteiger partial charge in [-0.2, -0.15) is 0 Å². The minimum atomic E-state index is 0.336. The lowest BCUT2D eigenvalue weighted by atomic mass is 10.0. The molecule has 0 amide bonds. The first kappa shape index (κ1) is 11.5. The van der Waals surface area contributed by atoms with Crippen LogP contribution in [0.5, 0.6) is 0 Å². The Morgan fingerprint density at radius 3 is 2.00 bits per heavy atom. The summed E-state index contributed by atoms with van der Waals surface area (Å²) in [5.41, 5.74) is 1.27. The molecule has 1 heteroatoms. The van der Waals surface area contributed by atoms with Crippen molar-refractivity contribution in [1.82, 2.24) is 0 Å². The summed E-state index contributed by atoms with van der Waals surface area (Å²) >= 11 is 0. The van der Waals surface area contributed by atoms with Gasteiger partial charge in [-0.1, -0.05) is 37.7 Å². The molecule has 0 N–H and O–H groups in total. The highest BCUT2D eigenvalue weighted by Crippen LogP contribution is 2.14. The van der Waals surface area contributed by atoms with E-state index in [0.29, 0.717) is 5.78 Å². The molecule has 80 valence electrons. The second-order valence-electron chi connectivity index (χ2n) is 4.43. The molecular weight excluding hydrogens is 172 g/mol. The molecule has 0 spiro atoms. The highest BCUT2D eigenvalue weighted by Gasteiger charge is 2.01. The summed E-state index contributed by atoms with van der Waals surface area (Å²) in [6, 6.07) is 0. The smallest absolute Gasteiger partial charge is 0.155 e. The third kappa shape index (κ3) is 5.21. The van der Waals surface area contributed by atoms with E-state index in [4.69, 9.17) is 0 Å². The minimum absolute atomic E-state index is 0.336. The van der Waals surface area contributed by atoms with Crippen molar-refractivity contribution in [3.63, 3.8) is 0 Å². The van der Waals surface area contributed by atoms with Crippen molar-refractivity contribution < 1.29 is 4.79 Å². The number of allylic oxidation sites excluding steroid dienone is 2. The predicted molar refractivity (Wildman–Crippen MR) is 60.3 cm³/mol. The third-order valence-corrected chi connectivity index (χ3v) is 2.90. The molecule has 0 saturated carbocycles. The van der Waals surface area contributed by atoms with E-state index in [-0.39, 0.29) is 0 Å². The highest BCUT2D eigenvalue weighted by molar-refractivity contribution is 5.90. The molecule has 0 aromatic carbocycles. The summed E-state index contributed by atoms with van der Waals surface area (Å²) in [5, 5.41) is 0. The summed E-state index contributed by atoms with van der Waals surface area (Å²) in [7, 11) is 0. The Morgan fingerprint density at radius 2 is 1.36 bits per heavy atom. The van der Waals surface area contributed by atoms with E-state index in [1.807, 2.05) is 6.08 Å². The number of hydrogen-bond acceptors (Lipinski definition) is 1. The Balaban J connectivity index is 2.40. The van der Waals surface area contributed by atoms with Gasteiger partial charge in [-0.05, 0) is 32.3 Å². The minimum Gasteiger partial charge on any atom is -0.295 e. The zero-order valence-corrected chi connectivity index (χ0v) is 9.35. The third-order valence-electron chi connectivity index (χ3n) is 2.90. The van der Waals surface area contributed by atoms with E-state index >= 15 is 0 Å². The zero-order valence-electron chi connectivity index (χ0n) is 9.35. The first-order valence-corrected chi connectivity index (χ1v) is 5.99. The van der Waals surface area contributed by atoms with Crippen LogP contribution in [0.25, 0.3) is 0 Å². The van der Waals surface area contributed by atoms with Gasteiger partial charge in [-0.25, -0.2) is 0 Å². The van der Waals surface area contributed by atoms with Crippen LogP contribution in [-0.2, 0) is 4.79 Å². The fourth-order valence-electron chi connectivity index (χ4n) is 2.01. The number of carbonyl (C=O) groups is 1. The normalized spacial score (nSPS) is 25.8. The molecule has 0 saturated heterocycles. The summed E-state index contributed by atoms with van der Waals surface area (Å²) in [4.78, 5) is 11.4. The second kappa shape index (κ2) is 6.80. The van der Waals surface area contributed by atoms with Gasteiger partial charge in [-0.15, -0.1) is 0 Å². The maximum atomic E-state index is 11.4. The Morgan fingerprint density at radius 1 is 0.857 bits per heavy atom. The van der Waals surface area contributed by atoms with Gasteiger partial charge in [0, 0.05) is 6.42 Å². The fraction of sp³-hybridized carbons (Fsp3) is 0.769. The molecular formula is C13H22O. The number of hydrogen-bond donors (Lipinski definition) is 0. The molecule has 0 radical (unpaired) electrons. The molecule has 0 fully saturated rings. The molecule has 0 heterocycles. The SMILES string of the molecule is C/C1=C/C(=O)CCCCCCCCC1. The van der Waals surface area contributed by atoms with Crippen molar-refractivity contribution in [1.29, 1.82) is 0 Å². The number of ketones is 1. The van der Waals surface area contributed by atoms with E-state index < -0.39 is 0 Å². The Labute approximate surface area is 87.6 Å². The molecule has 0 atom stereocenters. The maximum absolute atomic E-state index is 11.4. The molecule has 1 aliphatic rings. The lowest BCUT2D eigenvalue weighted by molar-refractivity contribution is -0.114. The average molecular weight is 194 g/mol. The van der Waals surface area contributed by atoms with Crippen LogP contribution in [0, 0.1) is 0 Å². The van der Waals surface area contributed by atoms with Crippen LogP contribution < -0.4 is 0 Å². The quantitative estimate of drug-likeness (QED) is 0.569. The van der Waals surface area contributed by atoms with Crippen LogP contribution >= 0.6 is 0 Å². The van der Waals surface area contributed by atoms with Crippen LogP contribution in [0.4, 0.5) is 0 Å². The first-order chi connectivity index (χ1) is 6.79. The molecule has 0 bridgehead atoms. The standard InChI is InChI=1S/C13H22O/c1-12-9-7-5-3-2-4-6-8-10-13(14)11-12/h11H,2-10H2,1H3/b12-11-. The Hall–Kier alpha value is -0.590. The van der Waals surface area contributed by atoms with E-state index in [9.17, 15) is 4.79 Å². The van der Waals surface area contributed by atoms with E-state index in [2.05, 4.69) is 6.92 Å². The van der Waals surface area contributed by atoms with E-state index in [0.717, 1.165) is 19.3 Å². The summed E-state index contributed by atoms with van der Waals surface area (Å²) in [6.07, 6.45) is 12.7. The monoisotopic (exact) mass is 194 g/mol. The van der Waals surface area contributed by atoms with Crippen LogP contribution in [0.3, 0.4) is 0 Å². The van der Waals surface area contributed by atoms with Crippen molar-refractivity contribution in [2.45, 2.75) is 64.7 Å². The number of carbonyl (C=O) groups excluding carboxylic acids is 1. The van der Waals surface area contributed by atoms with Crippen LogP contribution in [0.15, 0.2) is 11.6 Å². The molecule has 0 unspecified atom stereocenters. The molecule has 0 aliphatic heterocycles. The average Bonchev–Trinajstić information content (AvgIpc) is 2.13. The van der Waals surface area contributed by atoms with Gasteiger partial charge in [0.25, 0.3) is 0 Å². The maximum Gasteiger partial charge on any atom is 0.155 e. The van der Waals surface area contributed by atoms with Crippen molar-refractivity contribution in [2.24, 2.45) is 0 Å². The molecule has 1 rings (SSSR count). The van der Waals surface area contributed by atoms with Crippen molar-refractivity contribution in [3.05, 3.63) is 11.6 Å². The Bertz CT molecular complexity index is 203. The lowest BCUT2D eigenvalue weighted by Crippen LogP contribution is -1.95. The highest BCUT2D eigenvalue weighted by atomic mass is 16.1. The van der Waals surface area contributed by atoms with Gasteiger partial charge in [0.1, 0.15) is 0 Å². The van der Waals surface area contributed by atoms with Crippen molar-refractivity contribution in [2.75, 3.05) is 0 Å². The van der Waals surface area contributed by atoms with Crippen molar-refractivity contribution >= 4 is 5.78 Å².